The maximum Gasteiger partial charge on any atom is 0.416 e. The Labute approximate surface area is 166 Å². The van der Waals surface area contributed by atoms with Gasteiger partial charge in [0, 0.05) is 6.54 Å². The van der Waals surface area contributed by atoms with Gasteiger partial charge in [0.1, 0.15) is 5.75 Å². The molecule has 0 unspecified atom stereocenters. The summed E-state index contributed by atoms with van der Waals surface area (Å²) < 4.78 is 48.5. The molecular weight excluding hydrogens is 387 g/mol. The molecule has 0 aliphatic carbocycles. The number of esters is 1. The molecule has 0 aliphatic heterocycles. The molecule has 156 valence electrons. The van der Waals surface area contributed by atoms with Crippen molar-refractivity contribution in [2.24, 2.45) is 0 Å². The molecule has 1 N–H and O–H groups in total. The van der Waals surface area contributed by atoms with E-state index in [1.165, 1.54) is 24.3 Å². The van der Waals surface area contributed by atoms with Gasteiger partial charge in [-0.2, -0.15) is 13.2 Å². The molecule has 8 heteroatoms. The Bertz CT molecular complexity index is 819. The van der Waals surface area contributed by atoms with E-state index in [4.69, 9.17) is 9.47 Å². The van der Waals surface area contributed by atoms with Crippen LogP contribution in [0, 0.1) is 0 Å². The number of halogens is 3. The van der Waals surface area contributed by atoms with Crippen LogP contribution in [0.15, 0.2) is 48.5 Å². The first-order chi connectivity index (χ1) is 13.8. The average Bonchev–Trinajstić information content (AvgIpc) is 2.71. The minimum atomic E-state index is -4.45. The Kier molecular flexibility index (Phi) is 8.06. The highest BCUT2D eigenvalue weighted by Crippen LogP contribution is 2.29. The summed E-state index contributed by atoms with van der Waals surface area (Å²) in [5, 5.41) is 2.42. The molecule has 0 fully saturated rings. The molecule has 0 spiro atoms. The molecule has 2 rings (SSSR count). The second kappa shape index (κ2) is 10.5. The first-order valence-electron chi connectivity index (χ1n) is 9.12. The Hall–Kier alpha value is -3.03. The highest BCUT2D eigenvalue weighted by atomic mass is 19.4. The van der Waals surface area contributed by atoms with Crippen molar-refractivity contribution < 1.29 is 32.2 Å². The monoisotopic (exact) mass is 409 g/mol. The summed E-state index contributed by atoms with van der Waals surface area (Å²) in [4.78, 5) is 23.8. The molecule has 29 heavy (non-hydrogen) atoms. The van der Waals surface area contributed by atoms with Crippen LogP contribution in [0.2, 0.25) is 0 Å². The van der Waals surface area contributed by atoms with Gasteiger partial charge in [-0.05, 0) is 48.4 Å². The number of nitrogens with one attached hydrogen (secondary N) is 1. The standard InChI is InChI=1S/C21H22F3NO4/c1-2-3-11-28-18-9-7-16(8-10-18)20(27)29-14-19(26)25-13-15-5-4-6-17(12-15)21(22,23)24/h4-10,12H,2-3,11,13-14H2,1H3,(H,25,26). The van der Waals surface area contributed by atoms with Crippen LogP contribution in [0.25, 0.3) is 0 Å². The van der Waals surface area contributed by atoms with Crippen LogP contribution in [-0.4, -0.2) is 25.1 Å². The van der Waals surface area contributed by atoms with E-state index >= 15 is 0 Å². The number of alkyl halides is 3. The zero-order chi connectivity index (χ0) is 21.3. The fourth-order valence-corrected chi connectivity index (χ4v) is 2.35. The number of carbonyl (C=O) groups excluding carboxylic acids is 2. The van der Waals surface area contributed by atoms with Gasteiger partial charge in [0.2, 0.25) is 0 Å². The van der Waals surface area contributed by atoms with E-state index in [0.29, 0.717) is 12.4 Å². The summed E-state index contributed by atoms with van der Waals surface area (Å²) in [6.45, 7) is 2.00. The van der Waals surface area contributed by atoms with E-state index in [2.05, 4.69) is 12.2 Å². The summed E-state index contributed by atoms with van der Waals surface area (Å²) in [6, 6.07) is 11.0. The van der Waals surface area contributed by atoms with Gasteiger partial charge in [-0.25, -0.2) is 4.79 Å². The molecular formula is C21H22F3NO4. The molecule has 0 aromatic heterocycles. The Morgan fingerprint density at radius 1 is 1.07 bits per heavy atom. The fourth-order valence-electron chi connectivity index (χ4n) is 2.35. The lowest BCUT2D eigenvalue weighted by atomic mass is 10.1. The van der Waals surface area contributed by atoms with E-state index < -0.39 is 30.2 Å². The third kappa shape index (κ3) is 7.48. The number of rotatable bonds is 9. The van der Waals surface area contributed by atoms with Gasteiger partial charge in [0.05, 0.1) is 17.7 Å². The topological polar surface area (TPSA) is 64.6 Å². The Morgan fingerprint density at radius 3 is 2.45 bits per heavy atom. The summed E-state index contributed by atoms with van der Waals surface area (Å²) in [5.74, 6) is -0.663. The largest absolute Gasteiger partial charge is 0.494 e. The number of hydrogen-bond acceptors (Lipinski definition) is 4. The summed E-state index contributed by atoms with van der Waals surface area (Å²) in [7, 11) is 0. The summed E-state index contributed by atoms with van der Waals surface area (Å²) in [5.41, 5.74) is -0.241. The van der Waals surface area contributed by atoms with Crippen molar-refractivity contribution in [1.29, 1.82) is 0 Å². The third-order valence-electron chi connectivity index (χ3n) is 3.93. The maximum atomic E-state index is 12.7. The van der Waals surface area contributed by atoms with Crippen molar-refractivity contribution in [1.82, 2.24) is 5.32 Å². The van der Waals surface area contributed by atoms with Crippen LogP contribution >= 0.6 is 0 Å². The average molecular weight is 409 g/mol. The Balaban J connectivity index is 1.78. The zero-order valence-corrected chi connectivity index (χ0v) is 15.9. The first-order valence-corrected chi connectivity index (χ1v) is 9.12. The molecule has 0 bridgehead atoms. The smallest absolute Gasteiger partial charge is 0.416 e. The van der Waals surface area contributed by atoms with Gasteiger partial charge >= 0.3 is 12.1 Å². The number of unbranched alkanes of at least 4 members (excludes halogenated alkanes) is 1. The number of ether oxygens (including phenoxy) is 2. The summed E-state index contributed by atoms with van der Waals surface area (Å²) in [6.07, 6.45) is -2.51. The highest BCUT2D eigenvalue weighted by molar-refractivity contribution is 5.91. The predicted molar refractivity (Wildman–Crippen MR) is 100 cm³/mol. The lowest BCUT2D eigenvalue weighted by molar-refractivity contribution is -0.137. The van der Waals surface area contributed by atoms with Gasteiger partial charge < -0.3 is 14.8 Å². The van der Waals surface area contributed by atoms with Gasteiger partial charge in [-0.15, -0.1) is 0 Å². The van der Waals surface area contributed by atoms with Crippen LogP contribution < -0.4 is 10.1 Å². The van der Waals surface area contributed by atoms with Crippen LogP contribution in [-0.2, 0) is 22.3 Å². The van der Waals surface area contributed by atoms with Crippen LogP contribution in [0.5, 0.6) is 5.75 Å². The minimum absolute atomic E-state index is 0.107. The van der Waals surface area contributed by atoms with E-state index in [1.807, 2.05) is 0 Å². The lowest BCUT2D eigenvalue weighted by Crippen LogP contribution is -2.28. The quantitative estimate of drug-likeness (QED) is 0.494. The number of benzene rings is 2. The van der Waals surface area contributed by atoms with Crippen molar-refractivity contribution in [3.8, 4) is 5.75 Å². The third-order valence-corrected chi connectivity index (χ3v) is 3.93. The molecule has 0 atom stereocenters. The van der Waals surface area contributed by atoms with Crippen LogP contribution in [0.1, 0.15) is 41.3 Å². The van der Waals surface area contributed by atoms with Gasteiger partial charge in [-0.3, -0.25) is 4.79 Å². The molecule has 1 amide bonds. The fraction of sp³-hybridized carbons (Fsp3) is 0.333. The molecule has 0 heterocycles. The van der Waals surface area contributed by atoms with E-state index in [0.717, 1.165) is 25.0 Å². The minimum Gasteiger partial charge on any atom is -0.494 e. The normalized spacial score (nSPS) is 11.0. The number of hydrogen-bond donors (Lipinski definition) is 1. The van der Waals surface area contributed by atoms with Gasteiger partial charge in [0.15, 0.2) is 6.61 Å². The van der Waals surface area contributed by atoms with Crippen LogP contribution in [0.4, 0.5) is 13.2 Å². The van der Waals surface area contributed by atoms with Gasteiger partial charge in [0.25, 0.3) is 5.91 Å². The van der Waals surface area contributed by atoms with E-state index in [1.54, 1.807) is 12.1 Å². The van der Waals surface area contributed by atoms with Crippen molar-refractivity contribution in [2.75, 3.05) is 13.2 Å². The van der Waals surface area contributed by atoms with Crippen molar-refractivity contribution in [3.05, 3.63) is 65.2 Å². The highest BCUT2D eigenvalue weighted by Gasteiger charge is 2.30. The molecule has 0 radical (unpaired) electrons. The second-order valence-electron chi connectivity index (χ2n) is 6.28. The molecule has 2 aromatic carbocycles. The van der Waals surface area contributed by atoms with Crippen molar-refractivity contribution >= 4 is 11.9 Å². The zero-order valence-electron chi connectivity index (χ0n) is 15.9. The van der Waals surface area contributed by atoms with E-state index in [9.17, 15) is 22.8 Å². The van der Waals surface area contributed by atoms with Crippen LogP contribution in [0.3, 0.4) is 0 Å². The van der Waals surface area contributed by atoms with E-state index in [-0.39, 0.29) is 17.7 Å². The lowest BCUT2D eigenvalue weighted by Gasteiger charge is -2.10. The second-order valence-corrected chi connectivity index (χ2v) is 6.28. The number of carbonyl (C=O) groups is 2. The molecule has 0 aliphatic rings. The van der Waals surface area contributed by atoms with Crippen molar-refractivity contribution in [2.45, 2.75) is 32.5 Å². The SMILES string of the molecule is CCCCOc1ccc(C(=O)OCC(=O)NCc2cccc(C(F)(F)F)c2)cc1. The summed E-state index contributed by atoms with van der Waals surface area (Å²) >= 11 is 0. The first kappa shape index (κ1) is 22.3. The predicted octanol–water partition coefficient (Wildman–Crippen LogP) is 4.36. The van der Waals surface area contributed by atoms with Crippen molar-refractivity contribution in [3.63, 3.8) is 0 Å². The maximum absolute atomic E-state index is 12.7. The number of amides is 1. The molecule has 2 aromatic rings. The molecule has 5 nitrogen and oxygen atoms in total. The molecule has 0 saturated heterocycles. The Morgan fingerprint density at radius 2 is 1.79 bits per heavy atom. The van der Waals surface area contributed by atoms with Gasteiger partial charge in [-0.1, -0.05) is 25.5 Å². The molecule has 0 saturated carbocycles.